The first-order chi connectivity index (χ1) is 10.7. The van der Waals surface area contributed by atoms with Crippen molar-refractivity contribution in [2.24, 2.45) is 0 Å². The summed E-state index contributed by atoms with van der Waals surface area (Å²) in [7, 11) is 1.57. The van der Waals surface area contributed by atoms with E-state index in [1.807, 2.05) is 12.1 Å². The Balaban J connectivity index is 1.71. The van der Waals surface area contributed by atoms with Gasteiger partial charge in [0.15, 0.2) is 0 Å². The van der Waals surface area contributed by atoms with Crippen LogP contribution in [0.5, 0.6) is 5.88 Å². The highest BCUT2D eigenvalue weighted by atomic mass is 16.5. The number of hydrogen-bond acceptors (Lipinski definition) is 5. The lowest BCUT2D eigenvalue weighted by Crippen LogP contribution is -2.48. The number of ether oxygens (including phenoxy) is 2. The molecule has 2 amide bonds. The molecule has 1 aromatic heterocycles. The molecule has 7 heteroatoms. The fourth-order valence-corrected chi connectivity index (χ4v) is 2.37. The van der Waals surface area contributed by atoms with Crippen molar-refractivity contribution in [3.63, 3.8) is 0 Å². The predicted octanol–water partition coefficient (Wildman–Crippen LogP) is 0.610. The summed E-state index contributed by atoms with van der Waals surface area (Å²) in [6.07, 6.45) is 1.66. The van der Waals surface area contributed by atoms with Gasteiger partial charge in [0.1, 0.15) is 0 Å². The molecule has 0 spiro atoms. The third kappa shape index (κ3) is 4.85. The molecule has 22 heavy (non-hydrogen) atoms. The number of carbonyl (C=O) groups excluding carboxylic acids is 1. The maximum atomic E-state index is 11.9. The van der Waals surface area contributed by atoms with E-state index in [2.05, 4.69) is 27.4 Å². The van der Waals surface area contributed by atoms with Crippen LogP contribution >= 0.6 is 0 Å². The van der Waals surface area contributed by atoms with E-state index in [1.54, 1.807) is 13.3 Å². The Kier molecular flexibility index (Phi) is 6.42. The maximum Gasteiger partial charge on any atom is 0.315 e. The summed E-state index contributed by atoms with van der Waals surface area (Å²) >= 11 is 0. The SMILES string of the molecule is COc1ncccc1CNC(=O)NC[C@H](C)N1CCOCC1. The Morgan fingerprint density at radius 1 is 1.45 bits per heavy atom. The molecule has 0 aliphatic carbocycles. The fraction of sp³-hybridized carbons (Fsp3) is 0.600. The zero-order chi connectivity index (χ0) is 15.8. The van der Waals surface area contributed by atoms with Gasteiger partial charge in [-0.25, -0.2) is 9.78 Å². The maximum absolute atomic E-state index is 11.9. The van der Waals surface area contributed by atoms with E-state index in [0.29, 0.717) is 25.0 Å². The van der Waals surface area contributed by atoms with E-state index >= 15 is 0 Å². The Hall–Kier alpha value is -1.86. The molecule has 122 valence electrons. The van der Waals surface area contributed by atoms with Gasteiger partial charge in [-0.1, -0.05) is 6.07 Å². The molecule has 2 heterocycles. The Morgan fingerprint density at radius 2 is 2.23 bits per heavy atom. The molecule has 0 radical (unpaired) electrons. The summed E-state index contributed by atoms with van der Waals surface area (Å²) in [5.41, 5.74) is 0.848. The highest BCUT2D eigenvalue weighted by Gasteiger charge is 2.17. The van der Waals surface area contributed by atoms with Crippen LogP contribution in [0.3, 0.4) is 0 Å². The van der Waals surface area contributed by atoms with Crippen LogP contribution < -0.4 is 15.4 Å². The topological polar surface area (TPSA) is 75.7 Å². The second kappa shape index (κ2) is 8.55. The van der Waals surface area contributed by atoms with Crippen LogP contribution in [-0.2, 0) is 11.3 Å². The average molecular weight is 308 g/mol. The Labute approximate surface area is 131 Å². The van der Waals surface area contributed by atoms with Crippen molar-refractivity contribution in [1.82, 2.24) is 20.5 Å². The van der Waals surface area contributed by atoms with Crippen LogP contribution in [0, 0.1) is 0 Å². The molecule has 7 nitrogen and oxygen atoms in total. The number of methoxy groups -OCH3 is 1. The summed E-state index contributed by atoms with van der Waals surface area (Å²) in [4.78, 5) is 18.3. The van der Waals surface area contributed by atoms with Gasteiger partial charge in [-0.15, -0.1) is 0 Å². The van der Waals surface area contributed by atoms with Gasteiger partial charge in [-0.05, 0) is 13.0 Å². The first kappa shape index (κ1) is 16.5. The number of amides is 2. The lowest BCUT2D eigenvalue weighted by molar-refractivity contribution is 0.0209. The number of morpholine rings is 1. The zero-order valence-corrected chi connectivity index (χ0v) is 13.2. The number of urea groups is 1. The van der Waals surface area contributed by atoms with E-state index in [4.69, 9.17) is 9.47 Å². The van der Waals surface area contributed by atoms with Gasteiger partial charge >= 0.3 is 6.03 Å². The zero-order valence-electron chi connectivity index (χ0n) is 13.2. The van der Waals surface area contributed by atoms with Crippen molar-refractivity contribution in [2.45, 2.75) is 19.5 Å². The number of aromatic nitrogens is 1. The Bertz CT molecular complexity index is 478. The molecule has 1 saturated heterocycles. The summed E-state index contributed by atoms with van der Waals surface area (Å²) in [6.45, 7) is 6.45. The normalized spacial score (nSPS) is 16.8. The van der Waals surface area contributed by atoms with Crippen LogP contribution in [-0.4, -0.2) is 61.9 Å². The van der Waals surface area contributed by atoms with E-state index < -0.39 is 0 Å². The van der Waals surface area contributed by atoms with Crippen molar-refractivity contribution in [2.75, 3.05) is 40.0 Å². The minimum Gasteiger partial charge on any atom is -0.481 e. The quantitative estimate of drug-likeness (QED) is 0.805. The minimum atomic E-state index is -0.189. The molecule has 1 aliphatic heterocycles. The van der Waals surface area contributed by atoms with Crippen molar-refractivity contribution in [3.8, 4) is 5.88 Å². The van der Waals surface area contributed by atoms with E-state index in [-0.39, 0.29) is 6.03 Å². The molecule has 0 unspecified atom stereocenters. The molecule has 1 aliphatic rings. The van der Waals surface area contributed by atoms with Gasteiger partial charge in [0.2, 0.25) is 5.88 Å². The first-order valence-electron chi connectivity index (χ1n) is 7.52. The molecule has 2 rings (SSSR count). The monoisotopic (exact) mass is 308 g/mol. The van der Waals surface area contributed by atoms with Crippen LogP contribution in [0.2, 0.25) is 0 Å². The molecule has 0 bridgehead atoms. The van der Waals surface area contributed by atoms with Gasteiger partial charge in [-0.2, -0.15) is 0 Å². The van der Waals surface area contributed by atoms with Crippen molar-refractivity contribution in [3.05, 3.63) is 23.9 Å². The number of nitrogens with one attached hydrogen (secondary N) is 2. The predicted molar refractivity (Wildman–Crippen MR) is 82.9 cm³/mol. The Morgan fingerprint density at radius 3 is 2.95 bits per heavy atom. The van der Waals surface area contributed by atoms with Crippen LogP contribution in [0.25, 0.3) is 0 Å². The highest BCUT2D eigenvalue weighted by Crippen LogP contribution is 2.12. The van der Waals surface area contributed by atoms with Gasteiger partial charge in [0, 0.05) is 44.0 Å². The lowest BCUT2D eigenvalue weighted by atomic mass is 10.2. The van der Waals surface area contributed by atoms with E-state index in [9.17, 15) is 4.79 Å². The number of rotatable bonds is 6. The molecule has 1 aromatic rings. The molecule has 0 saturated carbocycles. The molecule has 0 aromatic carbocycles. The van der Waals surface area contributed by atoms with Crippen molar-refractivity contribution in [1.29, 1.82) is 0 Å². The highest BCUT2D eigenvalue weighted by molar-refractivity contribution is 5.73. The average Bonchev–Trinajstić information content (AvgIpc) is 2.58. The van der Waals surface area contributed by atoms with Crippen molar-refractivity contribution >= 4 is 6.03 Å². The summed E-state index contributed by atoms with van der Waals surface area (Å²) in [6, 6.07) is 3.80. The standard InChI is InChI=1S/C15H24N4O3/c1-12(19-6-8-22-9-7-19)10-17-15(20)18-11-13-4-3-5-16-14(13)21-2/h3-5,12H,6-11H2,1-2H3,(H2,17,18,20)/t12-/m0/s1. The van der Waals surface area contributed by atoms with Crippen LogP contribution in [0.1, 0.15) is 12.5 Å². The van der Waals surface area contributed by atoms with Crippen LogP contribution in [0.4, 0.5) is 4.79 Å². The summed E-state index contributed by atoms with van der Waals surface area (Å²) in [5, 5.41) is 5.71. The fourth-order valence-electron chi connectivity index (χ4n) is 2.37. The lowest BCUT2D eigenvalue weighted by Gasteiger charge is -2.32. The number of pyridine rings is 1. The van der Waals surface area contributed by atoms with Gasteiger partial charge in [-0.3, -0.25) is 4.90 Å². The van der Waals surface area contributed by atoms with Crippen molar-refractivity contribution < 1.29 is 14.3 Å². The molecule has 2 N–H and O–H groups in total. The third-order valence-electron chi connectivity index (χ3n) is 3.71. The largest absolute Gasteiger partial charge is 0.481 e. The second-order valence-electron chi connectivity index (χ2n) is 5.23. The first-order valence-corrected chi connectivity index (χ1v) is 7.52. The smallest absolute Gasteiger partial charge is 0.315 e. The number of hydrogen-bond donors (Lipinski definition) is 2. The summed E-state index contributed by atoms with van der Waals surface area (Å²) < 4.78 is 10.5. The van der Waals surface area contributed by atoms with E-state index in [0.717, 1.165) is 31.9 Å². The molecule has 1 atom stereocenters. The number of nitrogens with zero attached hydrogens (tertiary/aromatic N) is 2. The molecular formula is C15H24N4O3. The second-order valence-corrected chi connectivity index (χ2v) is 5.23. The molecular weight excluding hydrogens is 284 g/mol. The third-order valence-corrected chi connectivity index (χ3v) is 3.71. The number of carbonyl (C=O) groups is 1. The van der Waals surface area contributed by atoms with Gasteiger partial charge < -0.3 is 20.1 Å². The minimum absolute atomic E-state index is 0.189. The van der Waals surface area contributed by atoms with Gasteiger partial charge in [0.25, 0.3) is 0 Å². The summed E-state index contributed by atoms with van der Waals surface area (Å²) in [5.74, 6) is 0.532. The van der Waals surface area contributed by atoms with E-state index in [1.165, 1.54) is 0 Å². The van der Waals surface area contributed by atoms with Crippen LogP contribution in [0.15, 0.2) is 18.3 Å². The van der Waals surface area contributed by atoms with Gasteiger partial charge in [0.05, 0.1) is 20.3 Å². The molecule has 1 fully saturated rings.